The van der Waals surface area contributed by atoms with Gasteiger partial charge in [0.1, 0.15) is 0 Å². The van der Waals surface area contributed by atoms with Gasteiger partial charge in [0.2, 0.25) is 5.91 Å². The largest absolute Gasteiger partial charge is 0.416 e. The third-order valence-electron chi connectivity index (χ3n) is 2.97. The van der Waals surface area contributed by atoms with E-state index in [1.807, 2.05) is 0 Å². The zero-order chi connectivity index (χ0) is 16.0. The molecule has 0 aromatic heterocycles. The summed E-state index contributed by atoms with van der Waals surface area (Å²) in [5, 5.41) is 12.7. The molecule has 1 aromatic carbocycles. The minimum Gasteiger partial charge on any atom is -0.387 e. The molecule has 1 amide bonds. The molecule has 21 heavy (non-hydrogen) atoms. The number of aliphatic hydroxyl groups is 1. The highest BCUT2D eigenvalue weighted by Crippen LogP contribution is 2.29. The molecule has 0 heterocycles. The van der Waals surface area contributed by atoms with E-state index in [2.05, 4.69) is 5.32 Å². The molecule has 0 bridgehead atoms. The molecule has 4 nitrogen and oxygen atoms in total. The second kappa shape index (κ2) is 7.42. The molecule has 1 rings (SSSR count). The van der Waals surface area contributed by atoms with Gasteiger partial charge < -0.3 is 15.3 Å². The Balaban J connectivity index is 2.42. The Morgan fingerprint density at radius 2 is 1.86 bits per heavy atom. The van der Waals surface area contributed by atoms with E-state index in [-0.39, 0.29) is 12.5 Å². The molecule has 0 aliphatic heterocycles. The predicted octanol–water partition coefficient (Wildman–Crippen LogP) is 1.81. The van der Waals surface area contributed by atoms with Crippen molar-refractivity contribution in [2.24, 2.45) is 0 Å². The molecule has 1 aromatic rings. The van der Waals surface area contributed by atoms with Gasteiger partial charge in [-0.15, -0.1) is 0 Å². The summed E-state index contributed by atoms with van der Waals surface area (Å²) in [7, 11) is 3.30. The maximum absolute atomic E-state index is 12.4. The van der Waals surface area contributed by atoms with Gasteiger partial charge in [0.05, 0.1) is 11.7 Å². The number of carbonyl (C=O) groups excluding carboxylic acids is 1. The van der Waals surface area contributed by atoms with Crippen molar-refractivity contribution in [2.45, 2.75) is 18.7 Å². The lowest BCUT2D eigenvalue weighted by Crippen LogP contribution is -2.28. The summed E-state index contributed by atoms with van der Waals surface area (Å²) in [6.45, 7) is 0.570. The number of nitrogens with zero attached hydrogens (tertiary/aromatic N) is 1. The normalized spacial score (nSPS) is 13.0. The number of amides is 1. The first-order valence-corrected chi connectivity index (χ1v) is 6.48. The van der Waals surface area contributed by atoms with Crippen LogP contribution in [-0.2, 0) is 11.0 Å². The van der Waals surface area contributed by atoms with E-state index < -0.39 is 17.8 Å². The van der Waals surface area contributed by atoms with Crippen LogP contribution in [0, 0.1) is 0 Å². The summed E-state index contributed by atoms with van der Waals surface area (Å²) in [5.74, 6) is -0.0356. The molecule has 0 fully saturated rings. The van der Waals surface area contributed by atoms with Gasteiger partial charge in [0.25, 0.3) is 0 Å². The highest BCUT2D eigenvalue weighted by Gasteiger charge is 2.30. The monoisotopic (exact) mass is 304 g/mol. The summed E-state index contributed by atoms with van der Waals surface area (Å²) < 4.78 is 37.2. The predicted molar refractivity (Wildman–Crippen MR) is 72.6 cm³/mol. The summed E-state index contributed by atoms with van der Waals surface area (Å²) in [6, 6.07) is 4.38. The van der Waals surface area contributed by atoms with Crippen molar-refractivity contribution >= 4 is 5.91 Å². The minimum absolute atomic E-state index is 0.0356. The number of benzene rings is 1. The van der Waals surface area contributed by atoms with Gasteiger partial charge in [-0.25, -0.2) is 0 Å². The van der Waals surface area contributed by atoms with E-state index in [1.165, 1.54) is 17.0 Å². The highest BCUT2D eigenvalue weighted by molar-refractivity contribution is 5.75. The second-order valence-corrected chi connectivity index (χ2v) is 4.88. The number of halogens is 3. The van der Waals surface area contributed by atoms with E-state index in [0.29, 0.717) is 18.5 Å². The van der Waals surface area contributed by atoms with Crippen molar-refractivity contribution in [3.05, 3.63) is 35.4 Å². The molecule has 118 valence electrons. The summed E-state index contributed by atoms with van der Waals surface area (Å²) >= 11 is 0. The molecule has 0 aliphatic carbocycles. The maximum atomic E-state index is 12.4. The number of aliphatic hydroxyl groups excluding tert-OH is 1. The molecule has 0 aliphatic rings. The first-order valence-electron chi connectivity index (χ1n) is 6.48. The Morgan fingerprint density at radius 3 is 2.33 bits per heavy atom. The molecule has 2 N–H and O–H groups in total. The minimum atomic E-state index is -4.38. The lowest BCUT2D eigenvalue weighted by atomic mass is 10.1. The van der Waals surface area contributed by atoms with Gasteiger partial charge in [-0.2, -0.15) is 13.2 Å². The number of alkyl halides is 3. The zero-order valence-electron chi connectivity index (χ0n) is 11.9. The molecular weight excluding hydrogens is 285 g/mol. The average molecular weight is 304 g/mol. The van der Waals surface area contributed by atoms with Crippen LogP contribution in [0.25, 0.3) is 0 Å². The van der Waals surface area contributed by atoms with Gasteiger partial charge in [-0.3, -0.25) is 4.79 Å². The fourth-order valence-corrected chi connectivity index (χ4v) is 1.67. The third-order valence-corrected chi connectivity index (χ3v) is 2.97. The van der Waals surface area contributed by atoms with Crippen LogP contribution in [0.4, 0.5) is 13.2 Å². The molecule has 0 saturated carbocycles. The maximum Gasteiger partial charge on any atom is 0.416 e. The lowest BCUT2D eigenvalue weighted by molar-refractivity contribution is -0.137. The van der Waals surface area contributed by atoms with Gasteiger partial charge in [0.15, 0.2) is 0 Å². The van der Waals surface area contributed by atoms with Crippen molar-refractivity contribution in [1.82, 2.24) is 10.2 Å². The lowest BCUT2D eigenvalue weighted by Gasteiger charge is -2.14. The van der Waals surface area contributed by atoms with Crippen LogP contribution in [-0.4, -0.2) is 43.1 Å². The Kier molecular flexibility index (Phi) is 6.17. The van der Waals surface area contributed by atoms with E-state index in [1.54, 1.807) is 14.1 Å². The summed E-state index contributed by atoms with van der Waals surface area (Å²) in [5.41, 5.74) is -0.350. The fraction of sp³-hybridized carbons (Fsp3) is 0.500. The highest BCUT2D eigenvalue weighted by atomic mass is 19.4. The van der Waals surface area contributed by atoms with Crippen LogP contribution in [0.1, 0.15) is 23.7 Å². The first-order chi connectivity index (χ1) is 9.71. The van der Waals surface area contributed by atoms with Crippen LogP contribution >= 0.6 is 0 Å². The van der Waals surface area contributed by atoms with Gasteiger partial charge in [-0.05, 0) is 17.7 Å². The zero-order valence-corrected chi connectivity index (χ0v) is 11.9. The topological polar surface area (TPSA) is 52.6 Å². The van der Waals surface area contributed by atoms with Crippen molar-refractivity contribution in [2.75, 3.05) is 27.2 Å². The SMILES string of the molecule is CN(C)C(=O)CCNCC(O)c1ccc(C(F)(F)F)cc1. The fourth-order valence-electron chi connectivity index (χ4n) is 1.67. The molecule has 1 atom stereocenters. The van der Waals surface area contributed by atoms with Crippen molar-refractivity contribution in [3.63, 3.8) is 0 Å². The van der Waals surface area contributed by atoms with Crippen molar-refractivity contribution < 1.29 is 23.1 Å². The third kappa shape index (κ3) is 5.73. The van der Waals surface area contributed by atoms with Crippen LogP contribution in [0.3, 0.4) is 0 Å². The quantitative estimate of drug-likeness (QED) is 0.788. The molecule has 0 spiro atoms. The van der Waals surface area contributed by atoms with Gasteiger partial charge in [-0.1, -0.05) is 12.1 Å². The Labute approximate surface area is 121 Å². The van der Waals surface area contributed by atoms with Crippen LogP contribution in [0.5, 0.6) is 0 Å². The Morgan fingerprint density at radius 1 is 1.29 bits per heavy atom. The second-order valence-electron chi connectivity index (χ2n) is 4.88. The molecule has 0 saturated heterocycles. The number of hydrogen-bond acceptors (Lipinski definition) is 3. The molecule has 0 radical (unpaired) electrons. The van der Waals surface area contributed by atoms with E-state index >= 15 is 0 Å². The molecular formula is C14H19F3N2O2. The molecule has 7 heteroatoms. The summed E-state index contributed by atoms with van der Waals surface area (Å²) in [4.78, 5) is 12.8. The van der Waals surface area contributed by atoms with E-state index in [9.17, 15) is 23.1 Å². The van der Waals surface area contributed by atoms with Crippen LogP contribution < -0.4 is 5.32 Å². The van der Waals surface area contributed by atoms with Gasteiger partial charge >= 0.3 is 6.18 Å². The van der Waals surface area contributed by atoms with Crippen molar-refractivity contribution in [1.29, 1.82) is 0 Å². The van der Waals surface area contributed by atoms with Crippen molar-refractivity contribution in [3.8, 4) is 0 Å². The average Bonchev–Trinajstić information content (AvgIpc) is 2.42. The standard InChI is InChI=1S/C14H19F3N2O2/c1-19(2)13(21)7-8-18-9-12(20)10-3-5-11(6-4-10)14(15,16)17/h3-6,12,18,20H,7-9H2,1-2H3. The number of nitrogens with one attached hydrogen (secondary N) is 1. The van der Waals surface area contributed by atoms with Gasteiger partial charge in [0, 0.05) is 33.6 Å². The van der Waals surface area contributed by atoms with Crippen LogP contribution in [0.15, 0.2) is 24.3 Å². The van der Waals surface area contributed by atoms with Crippen LogP contribution in [0.2, 0.25) is 0 Å². The smallest absolute Gasteiger partial charge is 0.387 e. The van der Waals surface area contributed by atoms with E-state index in [0.717, 1.165) is 12.1 Å². The summed E-state index contributed by atoms with van der Waals surface area (Å²) in [6.07, 6.45) is -5.00. The molecule has 1 unspecified atom stereocenters. The number of carbonyl (C=O) groups is 1. The van der Waals surface area contributed by atoms with E-state index in [4.69, 9.17) is 0 Å². The number of hydrogen-bond donors (Lipinski definition) is 2. The number of rotatable bonds is 6. The Bertz CT molecular complexity index is 458. The Hall–Kier alpha value is -1.60. The first kappa shape index (κ1) is 17.5.